The number of nitrogens with two attached hydrogens (primary N) is 1. The van der Waals surface area contributed by atoms with Crippen molar-refractivity contribution in [3.8, 4) is 11.3 Å². The van der Waals surface area contributed by atoms with E-state index in [2.05, 4.69) is 21.0 Å². The molecule has 1 aromatic carbocycles. The molecule has 3 N–H and O–H groups in total. The summed E-state index contributed by atoms with van der Waals surface area (Å²) in [5.41, 5.74) is 10.0. The molecule has 3 heterocycles. The number of anilines is 1. The Balaban J connectivity index is 1.68. The fourth-order valence-electron chi connectivity index (χ4n) is 3.40. The third-order valence-electron chi connectivity index (χ3n) is 4.90. The van der Waals surface area contributed by atoms with E-state index in [0.717, 1.165) is 28.6 Å². The Morgan fingerprint density at radius 2 is 2.11 bits per heavy atom. The zero-order valence-electron chi connectivity index (χ0n) is 15.7. The largest absolute Gasteiger partial charge is 0.396 e. The summed E-state index contributed by atoms with van der Waals surface area (Å²) in [5.74, 6) is -0.451. The Hall–Kier alpha value is -3.42. The number of carbonyl (C=O) groups is 1. The molecule has 0 bridgehead atoms. The van der Waals surface area contributed by atoms with Crippen LogP contribution in [0.5, 0.6) is 0 Å². The van der Waals surface area contributed by atoms with Gasteiger partial charge in [0.2, 0.25) is 0 Å². The second kappa shape index (κ2) is 6.95. The first-order chi connectivity index (χ1) is 13.4. The number of halogens is 1. The molecule has 0 aliphatic carbocycles. The van der Waals surface area contributed by atoms with Crippen LogP contribution in [0.2, 0.25) is 0 Å². The Labute approximate surface area is 161 Å². The molecule has 28 heavy (non-hydrogen) atoms. The Morgan fingerprint density at radius 1 is 1.29 bits per heavy atom. The van der Waals surface area contributed by atoms with Crippen molar-refractivity contribution < 1.29 is 9.18 Å². The lowest BCUT2D eigenvalue weighted by Gasteiger charge is -2.28. The van der Waals surface area contributed by atoms with Gasteiger partial charge in [-0.2, -0.15) is 0 Å². The van der Waals surface area contributed by atoms with Crippen LogP contribution in [0.1, 0.15) is 12.1 Å². The molecule has 3 aromatic rings. The molecule has 0 radical (unpaired) electrons. The summed E-state index contributed by atoms with van der Waals surface area (Å²) in [7, 11) is 3.50. The molecular formula is C20H21FN6O. The number of nitrogens with one attached hydrogen (secondary N) is 1. The van der Waals surface area contributed by atoms with E-state index in [1.165, 1.54) is 12.4 Å². The molecule has 0 unspecified atom stereocenters. The number of amides is 2. The fraction of sp³-hybridized carbons (Fsp3) is 0.250. The molecule has 0 saturated carbocycles. The summed E-state index contributed by atoms with van der Waals surface area (Å²) in [4.78, 5) is 27.5. The smallest absolute Gasteiger partial charge is 0.319 e. The van der Waals surface area contributed by atoms with E-state index in [1.807, 2.05) is 6.07 Å². The van der Waals surface area contributed by atoms with Crippen LogP contribution in [-0.2, 0) is 0 Å². The van der Waals surface area contributed by atoms with Crippen LogP contribution in [0.4, 0.5) is 14.9 Å². The lowest BCUT2D eigenvalue weighted by molar-refractivity contribution is 0.176. The molecule has 144 valence electrons. The average Bonchev–Trinajstić information content (AvgIpc) is 3.14. The number of fused-ring (bicyclic) bond motifs is 1. The standard InChI is InChI=1S/C20H21FN6O/c1-26(2)20(28)27-7-5-12(6-8-27)17-10-14-18(23-11-24-19(14)25-17)13-3-4-15(21)16(22)9-13/h3-5,9-11H,6-8,22H2,1-2H3,(H,23,24,25). The zero-order chi connectivity index (χ0) is 19.8. The highest BCUT2D eigenvalue weighted by atomic mass is 19.1. The SMILES string of the molecule is CN(C)C(=O)N1CC=C(c2cc3c(-c4ccc(F)c(N)c4)ncnc3[nH]2)CC1. The Bertz CT molecular complexity index is 1090. The summed E-state index contributed by atoms with van der Waals surface area (Å²) in [6.45, 7) is 1.22. The van der Waals surface area contributed by atoms with Crippen molar-refractivity contribution >= 4 is 28.3 Å². The van der Waals surface area contributed by atoms with Gasteiger partial charge in [-0.15, -0.1) is 0 Å². The molecule has 1 aliphatic rings. The van der Waals surface area contributed by atoms with Gasteiger partial charge in [0.25, 0.3) is 0 Å². The molecule has 7 nitrogen and oxygen atoms in total. The van der Waals surface area contributed by atoms with Gasteiger partial charge >= 0.3 is 6.03 Å². The Kier molecular flexibility index (Phi) is 4.46. The lowest BCUT2D eigenvalue weighted by atomic mass is 10.0. The topological polar surface area (TPSA) is 91.1 Å². The van der Waals surface area contributed by atoms with Crippen molar-refractivity contribution in [2.45, 2.75) is 6.42 Å². The van der Waals surface area contributed by atoms with Crippen LogP contribution in [-0.4, -0.2) is 58.0 Å². The van der Waals surface area contributed by atoms with Gasteiger partial charge in [-0.1, -0.05) is 6.08 Å². The third-order valence-corrected chi connectivity index (χ3v) is 4.90. The van der Waals surface area contributed by atoms with Crippen molar-refractivity contribution in [3.05, 3.63) is 48.2 Å². The fourth-order valence-corrected chi connectivity index (χ4v) is 3.40. The monoisotopic (exact) mass is 380 g/mol. The summed E-state index contributed by atoms with van der Waals surface area (Å²) in [6, 6.07) is 6.58. The maximum absolute atomic E-state index is 13.5. The molecule has 0 spiro atoms. The van der Waals surface area contributed by atoms with Gasteiger partial charge in [0.05, 0.1) is 11.4 Å². The predicted octanol–water partition coefficient (Wildman–Crippen LogP) is 3.12. The minimum absolute atomic E-state index is 0.00833. The molecule has 2 amide bonds. The second-order valence-electron chi connectivity index (χ2n) is 7.01. The average molecular weight is 380 g/mol. The summed E-state index contributed by atoms with van der Waals surface area (Å²) in [6.07, 6.45) is 4.28. The van der Waals surface area contributed by atoms with Gasteiger partial charge in [0.1, 0.15) is 17.8 Å². The molecule has 2 aromatic heterocycles. The summed E-state index contributed by atoms with van der Waals surface area (Å²) < 4.78 is 13.5. The first-order valence-electron chi connectivity index (χ1n) is 8.99. The number of H-pyrrole nitrogens is 1. The van der Waals surface area contributed by atoms with Gasteiger partial charge in [0, 0.05) is 43.8 Å². The number of benzene rings is 1. The minimum atomic E-state index is -0.451. The maximum atomic E-state index is 13.5. The van der Waals surface area contributed by atoms with Gasteiger partial charge in [-0.3, -0.25) is 0 Å². The van der Waals surface area contributed by atoms with Crippen molar-refractivity contribution in [2.75, 3.05) is 32.9 Å². The first kappa shape index (κ1) is 18.0. The molecule has 1 aliphatic heterocycles. The highest BCUT2D eigenvalue weighted by Crippen LogP contribution is 2.31. The molecule has 0 saturated heterocycles. The minimum Gasteiger partial charge on any atom is -0.396 e. The predicted molar refractivity (Wildman–Crippen MR) is 107 cm³/mol. The highest BCUT2D eigenvalue weighted by molar-refractivity contribution is 5.93. The number of hydrogen-bond acceptors (Lipinski definition) is 4. The molecule has 4 rings (SSSR count). The van der Waals surface area contributed by atoms with E-state index in [-0.39, 0.29) is 11.7 Å². The van der Waals surface area contributed by atoms with Crippen LogP contribution < -0.4 is 5.73 Å². The van der Waals surface area contributed by atoms with Crippen LogP contribution in [0.3, 0.4) is 0 Å². The number of carbonyl (C=O) groups excluding carboxylic acids is 1. The summed E-state index contributed by atoms with van der Waals surface area (Å²) >= 11 is 0. The normalized spacial score (nSPS) is 14.2. The van der Waals surface area contributed by atoms with E-state index in [1.54, 1.807) is 36.0 Å². The number of aromatic amines is 1. The number of rotatable bonds is 2. The number of nitrogens with zero attached hydrogens (tertiary/aromatic N) is 4. The molecular weight excluding hydrogens is 359 g/mol. The second-order valence-corrected chi connectivity index (χ2v) is 7.01. The van der Waals surface area contributed by atoms with Gasteiger partial charge in [0.15, 0.2) is 0 Å². The van der Waals surface area contributed by atoms with Crippen LogP contribution in [0.15, 0.2) is 36.7 Å². The summed E-state index contributed by atoms with van der Waals surface area (Å²) in [5, 5.41) is 0.844. The number of hydrogen-bond donors (Lipinski definition) is 2. The van der Waals surface area contributed by atoms with E-state index >= 15 is 0 Å². The van der Waals surface area contributed by atoms with Crippen molar-refractivity contribution in [1.82, 2.24) is 24.8 Å². The quantitative estimate of drug-likeness (QED) is 0.668. The number of nitrogen functional groups attached to an aromatic ring is 1. The molecule has 0 atom stereocenters. The van der Waals surface area contributed by atoms with E-state index in [9.17, 15) is 9.18 Å². The van der Waals surface area contributed by atoms with Crippen molar-refractivity contribution in [2.24, 2.45) is 0 Å². The highest BCUT2D eigenvalue weighted by Gasteiger charge is 2.20. The maximum Gasteiger partial charge on any atom is 0.319 e. The van der Waals surface area contributed by atoms with Gasteiger partial charge < -0.3 is 20.5 Å². The van der Waals surface area contributed by atoms with Gasteiger partial charge in [-0.05, 0) is 36.3 Å². The van der Waals surface area contributed by atoms with Crippen LogP contribution >= 0.6 is 0 Å². The van der Waals surface area contributed by atoms with E-state index in [0.29, 0.717) is 24.4 Å². The first-order valence-corrected chi connectivity index (χ1v) is 8.99. The number of aromatic nitrogens is 3. The third kappa shape index (κ3) is 3.17. The Morgan fingerprint density at radius 3 is 2.79 bits per heavy atom. The molecule has 8 heteroatoms. The van der Waals surface area contributed by atoms with E-state index < -0.39 is 5.82 Å². The lowest BCUT2D eigenvalue weighted by Crippen LogP contribution is -2.41. The zero-order valence-corrected chi connectivity index (χ0v) is 15.7. The van der Waals surface area contributed by atoms with Crippen LogP contribution in [0.25, 0.3) is 27.9 Å². The van der Waals surface area contributed by atoms with Crippen LogP contribution in [0, 0.1) is 5.82 Å². The van der Waals surface area contributed by atoms with E-state index in [4.69, 9.17) is 5.73 Å². The number of urea groups is 1. The molecule has 0 fully saturated rings. The van der Waals surface area contributed by atoms with Crippen molar-refractivity contribution in [1.29, 1.82) is 0 Å². The van der Waals surface area contributed by atoms with Crippen molar-refractivity contribution in [3.63, 3.8) is 0 Å². The van der Waals surface area contributed by atoms with Gasteiger partial charge in [-0.25, -0.2) is 19.2 Å².